The summed E-state index contributed by atoms with van der Waals surface area (Å²) >= 11 is 0. The standard InChI is InChI=1S/C11H13N3O2/c1-8(12)11-13-10(16-14-11)7-15-9-5-3-2-4-6-9/h2-6,8H,7,12H2,1H3/t8-/m0/s1. The number of hydrogen-bond acceptors (Lipinski definition) is 5. The molecule has 1 heterocycles. The van der Waals surface area contributed by atoms with Crippen LogP contribution in [0.3, 0.4) is 0 Å². The van der Waals surface area contributed by atoms with Gasteiger partial charge in [-0.05, 0) is 19.1 Å². The highest BCUT2D eigenvalue weighted by Crippen LogP contribution is 2.11. The first-order valence-corrected chi connectivity index (χ1v) is 5.01. The van der Waals surface area contributed by atoms with E-state index in [-0.39, 0.29) is 12.6 Å². The van der Waals surface area contributed by atoms with E-state index in [2.05, 4.69) is 10.1 Å². The van der Waals surface area contributed by atoms with Crippen molar-refractivity contribution in [2.45, 2.75) is 19.6 Å². The molecular weight excluding hydrogens is 206 g/mol. The van der Waals surface area contributed by atoms with Gasteiger partial charge >= 0.3 is 0 Å². The fourth-order valence-corrected chi connectivity index (χ4v) is 1.17. The van der Waals surface area contributed by atoms with Crippen molar-refractivity contribution in [2.24, 2.45) is 5.73 Å². The van der Waals surface area contributed by atoms with Crippen LogP contribution in [0.1, 0.15) is 24.7 Å². The van der Waals surface area contributed by atoms with Gasteiger partial charge in [-0.2, -0.15) is 4.98 Å². The summed E-state index contributed by atoms with van der Waals surface area (Å²) in [6.07, 6.45) is 0. The predicted octanol–water partition coefficient (Wildman–Crippen LogP) is 1.67. The summed E-state index contributed by atoms with van der Waals surface area (Å²) in [5, 5.41) is 3.74. The minimum absolute atomic E-state index is 0.228. The van der Waals surface area contributed by atoms with Crippen molar-refractivity contribution in [1.82, 2.24) is 10.1 Å². The molecule has 0 spiro atoms. The maximum atomic E-state index is 5.61. The van der Waals surface area contributed by atoms with Crippen LogP contribution < -0.4 is 10.5 Å². The molecule has 1 atom stereocenters. The highest BCUT2D eigenvalue weighted by molar-refractivity contribution is 5.20. The first kappa shape index (κ1) is 10.6. The maximum absolute atomic E-state index is 5.61. The smallest absolute Gasteiger partial charge is 0.264 e. The van der Waals surface area contributed by atoms with Crippen LogP contribution in [0.25, 0.3) is 0 Å². The van der Waals surface area contributed by atoms with Gasteiger partial charge in [-0.15, -0.1) is 0 Å². The van der Waals surface area contributed by atoms with Gasteiger partial charge in [0.15, 0.2) is 12.4 Å². The van der Waals surface area contributed by atoms with E-state index >= 15 is 0 Å². The molecule has 5 heteroatoms. The van der Waals surface area contributed by atoms with E-state index in [9.17, 15) is 0 Å². The van der Waals surface area contributed by atoms with Crippen LogP contribution in [0, 0.1) is 0 Å². The molecule has 0 radical (unpaired) electrons. The quantitative estimate of drug-likeness (QED) is 0.846. The first-order valence-electron chi connectivity index (χ1n) is 5.01. The molecule has 84 valence electrons. The Bertz CT molecular complexity index is 440. The lowest BCUT2D eigenvalue weighted by Gasteiger charge is -2.01. The molecule has 0 aliphatic heterocycles. The molecule has 0 aliphatic rings. The average molecular weight is 219 g/mol. The summed E-state index contributed by atoms with van der Waals surface area (Å²) in [6.45, 7) is 2.05. The molecule has 1 aromatic heterocycles. The number of hydrogen-bond donors (Lipinski definition) is 1. The van der Waals surface area contributed by atoms with Crippen molar-refractivity contribution in [3.8, 4) is 5.75 Å². The highest BCUT2D eigenvalue weighted by atomic mass is 16.5. The second-order valence-electron chi connectivity index (χ2n) is 3.44. The van der Waals surface area contributed by atoms with Crippen molar-refractivity contribution in [2.75, 3.05) is 0 Å². The van der Waals surface area contributed by atoms with Crippen molar-refractivity contribution in [3.63, 3.8) is 0 Å². The van der Waals surface area contributed by atoms with Crippen molar-refractivity contribution in [1.29, 1.82) is 0 Å². The molecule has 5 nitrogen and oxygen atoms in total. The SMILES string of the molecule is C[C@H](N)c1noc(COc2ccccc2)n1. The molecule has 0 saturated carbocycles. The number of rotatable bonds is 4. The lowest BCUT2D eigenvalue weighted by atomic mass is 10.3. The minimum atomic E-state index is -0.228. The van der Waals surface area contributed by atoms with Gasteiger partial charge in [0.2, 0.25) is 0 Å². The van der Waals surface area contributed by atoms with Gasteiger partial charge in [0.1, 0.15) is 5.75 Å². The topological polar surface area (TPSA) is 74.2 Å². The summed E-state index contributed by atoms with van der Waals surface area (Å²) < 4.78 is 10.4. The van der Waals surface area contributed by atoms with E-state index in [1.807, 2.05) is 30.3 Å². The number of nitrogens with two attached hydrogens (primary N) is 1. The van der Waals surface area contributed by atoms with Gasteiger partial charge in [0.25, 0.3) is 5.89 Å². The van der Waals surface area contributed by atoms with Gasteiger partial charge in [0.05, 0.1) is 6.04 Å². The predicted molar refractivity (Wildman–Crippen MR) is 57.7 cm³/mol. The lowest BCUT2D eigenvalue weighted by Crippen LogP contribution is -2.07. The number of para-hydroxylation sites is 1. The Morgan fingerprint density at radius 1 is 1.38 bits per heavy atom. The molecule has 0 fully saturated rings. The Balaban J connectivity index is 1.95. The zero-order chi connectivity index (χ0) is 11.4. The van der Waals surface area contributed by atoms with Crippen LogP contribution in [-0.4, -0.2) is 10.1 Å². The molecule has 0 unspecified atom stereocenters. The summed E-state index contributed by atoms with van der Waals surface area (Å²) in [5.74, 6) is 1.69. The third-order valence-electron chi connectivity index (χ3n) is 2.00. The number of aromatic nitrogens is 2. The van der Waals surface area contributed by atoms with E-state index in [1.54, 1.807) is 6.92 Å². The molecule has 0 bridgehead atoms. The molecule has 0 saturated heterocycles. The average Bonchev–Trinajstić information content (AvgIpc) is 2.76. The fraction of sp³-hybridized carbons (Fsp3) is 0.273. The van der Waals surface area contributed by atoms with Crippen molar-refractivity contribution >= 4 is 0 Å². The minimum Gasteiger partial charge on any atom is -0.484 e. The van der Waals surface area contributed by atoms with Gasteiger partial charge in [-0.3, -0.25) is 0 Å². The third-order valence-corrected chi connectivity index (χ3v) is 2.00. The van der Waals surface area contributed by atoms with E-state index in [0.717, 1.165) is 5.75 Å². The number of ether oxygens (including phenoxy) is 1. The normalized spacial score (nSPS) is 12.4. The van der Waals surface area contributed by atoms with Crippen LogP contribution in [-0.2, 0) is 6.61 Å². The highest BCUT2D eigenvalue weighted by Gasteiger charge is 2.09. The summed E-state index contributed by atoms with van der Waals surface area (Å²) in [7, 11) is 0. The first-order chi connectivity index (χ1) is 7.75. The fourth-order valence-electron chi connectivity index (χ4n) is 1.17. The Labute approximate surface area is 93.2 Å². The van der Waals surface area contributed by atoms with E-state index in [1.165, 1.54) is 0 Å². The largest absolute Gasteiger partial charge is 0.484 e. The van der Waals surface area contributed by atoms with Gasteiger partial charge in [0, 0.05) is 0 Å². The van der Waals surface area contributed by atoms with Crippen molar-refractivity contribution < 1.29 is 9.26 Å². The maximum Gasteiger partial charge on any atom is 0.264 e. The molecule has 0 aliphatic carbocycles. The Morgan fingerprint density at radius 3 is 2.75 bits per heavy atom. The summed E-state index contributed by atoms with van der Waals surface area (Å²) in [6, 6.07) is 9.22. The number of benzene rings is 1. The van der Waals surface area contributed by atoms with Crippen molar-refractivity contribution in [3.05, 3.63) is 42.0 Å². The number of nitrogens with zero attached hydrogens (tertiary/aromatic N) is 2. The van der Waals surface area contributed by atoms with Crippen LogP contribution in [0.5, 0.6) is 5.75 Å². The Morgan fingerprint density at radius 2 is 2.12 bits per heavy atom. The molecule has 2 rings (SSSR count). The van der Waals surface area contributed by atoms with Gasteiger partial charge < -0.3 is 15.0 Å². The Hall–Kier alpha value is -1.88. The van der Waals surface area contributed by atoms with Crippen LogP contribution in [0.4, 0.5) is 0 Å². The molecule has 16 heavy (non-hydrogen) atoms. The molecule has 1 aromatic carbocycles. The second kappa shape index (κ2) is 4.76. The molecule has 0 amide bonds. The monoisotopic (exact) mass is 219 g/mol. The van der Waals surface area contributed by atoms with E-state index in [4.69, 9.17) is 15.0 Å². The Kier molecular flexibility index (Phi) is 3.16. The molecule has 2 aromatic rings. The van der Waals surface area contributed by atoms with Crippen LogP contribution >= 0.6 is 0 Å². The summed E-state index contributed by atoms with van der Waals surface area (Å²) in [4.78, 5) is 4.10. The lowest BCUT2D eigenvalue weighted by molar-refractivity contribution is 0.242. The zero-order valence-corrected chi connectivity index (χ0v) is 8.96. The van der Waals surface area contributed by atoms with E-state index in [0.29, 0.717) is 11.7 Å². The zero-order valence-electron chi connectivity index (χ0n) is 8.96. The van der Waals surface area contributed by atoms with Gasteiger partial charge in [-0.1, -0.05) is 23.4 Å². The van der Waals surface area contributed by atoms with E-state index < -0.39 is 0 Å². The summed E-state index contributed by atoms with van der Waals surface area (Å²) in [5.41, 5.74) is 5.61. The van der Waals surface area contributed by atoms with Crippen LogP contribution in [0.2, 0.25) is 0 Å². The third kappa shape index (κ3) is 2.58. The second-order valence-corrected chi connectivity index (χ2v) is 3.44. The van der Waals surface area contributed by atoms with Crippen LogP contribution in [0.15, 0.2) is 34.9 Å². The van der Waals surface area contributed by atoms with Gasteiger partial charge in [-0.25, -0.2) is 0 Å². The molecular formula is C11H13N3O2. The molecule has 2 N–H and O–H groups in total.